The van der Waals surface area contributed by atoms with Crippen molar-refractivity contribution in [1.82, 2.24) is 9.55 Å². The number of alkyl halides is 1. The van der Waals surface area contributed by atoms with Crippen molar-refractivity contribution in [2.75, 3.05) is 0 Å². The van der Waals surface area contributed by atoms with Crippen LogP contribution in [0.15, 0.2) is 48.5 Å². The molecule has 0 aliphatic heterocycles. The fraction of sp³-hybridized carbons (Fsp3) is 0.133. The van der Waals surface area contributed by atoms with E-state index in [0.29, 0.717) is 0 Å². The number of para-hydroxylation sites is 2. The predicted molar refractivity (Wildman–Crippen MR) is 78.8 cm³/mol. The zero-order valence-electron chi connectivity index (χ0n) is 10.1. The van der Waals surface area contributed by atoms with Gasteiger partial charge in [-0.15, -0.1) is 0 Å². The van der Waals surface area contributed by atoms with Gasteiger partial charge in [0.15, 0.2) is 0 Å². The lowest BCUT2D eigenvalue weighted by Gasteiger charge is -2.03. The molecule has 0 aliphatic rings. The van der Waals surface area contributed by atoms with Gasteiger partial charge in [-0.05, 0) is 17.7 Å². The molecule has 0 radical (unpaired) electrons. The van der Waals surface area contributed by atoms with Crippen LogP contribution in [-0.4, -0.2) is 9.55 Å². The van der Waals surface area contributed by atoms with Crippen LogP contribution in [0.4, 0.5) is 0 Å². The first kappa shape index (κ1) is 11.5. The smallest absolute Gasteiger partial charge is 0.140 e. The second kappa shape index (κ2) is 4.58. The van der Waals surface area contributed by atoms with Crippen LogP contribution in [0.3, 0.4) is 0 Å². The summed E-state index contributed by atoms with van der Waals surface area (Å²) in [6, 6.07) is 16.7. The molecule has 1 aromatic heterocycles. The van der Waals surface area contributed by atoms with Crippen LogP contribution in [-0.2, 0) is 12.4 Å². The molecule has 0 fully saturated rings. The molecule has 0 atom stereocenters. The first-order chi connectivity index (χ1) is 8.79. The lowest BCUT2D eigenvalue weighted by Crippen LogP contribution is -1.92. The fourth-order valence-electron chi connectivity index (χ4n) is 2.15. The van der Waals surface area contributed by atoms with Gasteiger partial charge in [-0.1, -0.05) is 52.3 Å². The summed E-state index contributed by atoms with van der Waals surface area (Å²) in [5.41, 5.74) is 4.63. The van der Waals surface area contributed by atoms with Crippen LogP contribution in [0.5, 0.6) is 0 Å². The summed E-state index contributed by atoms with van der Waals surface area (Å²) < 4.78 is 2.14. The quantitative estimate of drug-likeness (QED) is 0.651. The molecule has 2 aromatic carbocycles. The van der Waals surface area contributed by atoms with E-state index in [4.69, 9.17) is 0 Å². The SMILES string of the molecule is Cn1c(-c2ccc(CBr)cc2)nc2ccccc21. The van der Waals surface area contributed by atoms with Crippen molar-refractivity contribution in [1.29, 1.82) is 0 Å². The standard InChI is InChI=1S/C15H13BrN2/c1-18-14-5-3-2-4-13(14)17-15(18)12-8-6-11(10-16)7-9-12/h2-9H,10H2,1H3. The molecule has 0 saturated heterocycles. The number of halogens is 1. The molecule has 0 N–H and O–H groups in total. The lowest BCUT2D eigenvalue weighted by atomic mass is 10.1. The number of benzene rings is 2. The zero-order valence-corrected chi connectivity index (χ0v) is 11.7. The molecule has 1 heterocycles. The average Bonchev–Trinajstić information content (AvgIpc) is 2.77. The molecule has 3 aromatic rings. The highest BCUT2D eigenvalue weighted by Gasteiger charge is 2.08. The molecule has 0 bridgehead atoms. The first-order valence-corrected chi connectivity index (χ1v) is 6.98. The minimum absolute atomic E-state index is 0.885. The third-order valence-electron chi connectivity index (χ3n) is 3.15. The van der Waals surface area contributed by atoms with Crippen LogP contribution in [0.25, 0.3) is 22.4 Å². The highest BCUT2D eigenvalue weighted by Crippen LogP contribution is 2.24. The van der Waals surface area contributed by atoms with E-state index < -0.39 is 0 Å². The van der Waals surface area contributed by atoms with Gasteiger partial charge in [0.1, 0.15) is 5.82 Å². The topological polar surface area (TPSA) is 17.8 Å². The van der Waals surface area contributed by atoms with Crippen LogP contribution < -0.4 is 0 Å². The number of imidazole rings is 1. The Hall–Kier alpha value is -1.61. The molecular formula is C15H13BrN2. The maximum Gasteiger partial charge on any atom is 0.140 e. The van der Waals surface area contributed by atoms with Crippen molar-refractivity contribution in [2.45, 2.75) is 5.33 Å². The number of hydrogen-bond acceptors (Lipinski definition) is 1. The van der Waals surface area contributed by atoms with Gasteiger partial charge in [0.25, 0.3) is 0 Å². The van der Waals surface area contributed by atoms with Gasteiger partial charge in [-0.2, -0.15) is 0 Å². The third kappa shape index (κ3) is 1.85. The summed E-state index contributed by atoms with van der Waals surface area (Å²) in [7, 11) is 2.06. The average molecular weight is 301 g/mol. The summed E-state index contributed by atoms with van der Waals surface area (Å²) in [5, 5.41) is 0.885. The summed E-state index contributed by atoms with van der Waals surface area (Å²) in [6.07, 6.45) is 0. The van der Waals surface area contributed by atoms with Gasteiger partial charge in [0, 0.05) is 17.9 Å². The number of aromatic nitrogens is 2. The van der Waals surface area contributed by atoms with Crippen molar-refractivity contribution in [3.05, 3.63) is 54.1 Å². The van der Waals surface area contributed by atoms with Gasteiger partial charge in [-0.25, -0.2) is 4.98 Å². The van der Waals surface area contributed by atoms with Crippen molar-refractivity contribution >= 4 is 27.0 Å². The minimum atomic E-state index is 0.885. The van der Waals surface area contributed by atoms with Crippen LogP contribution >= 0.6 is 15.9 Å². The Labute approximate surface area is 114 Å². The van der Waals surface area contributed by atoms with E-state index in [1.165, 1.54) is 5.56 Å². The van der Waals surface area contributed by atoms with Crippen molar-refractivity contribution in [3.8, 4) is 11.4 Å². The second-order valence-electron chi connectivity index (χ2n) is 4.31. The number of fused-ring (bicyclic) bond motifs is 1. The van der Waals surface area contributed by atoms with E-state index in [9.17, 15) is 0 Å². The number of rotatable bonds is 2. The van der Waals surface area contributed by atoms with Gasteiger partial charge >= 0.3 is 0 Å². The number of aryl methyl sites for hydroxylation is 1. The zero-order chi connectivity index (χ0) is 12.5. The third-order valence-corrected chi connectivity index (χ3v) is 3.80. The van der Waals surface area contributed by atoms with Crippen LogP contribution in [0.1, 0.15) is 5.56 Å². The molecule has 0 spiro atoms. The molecule has 3 heteroatoms. The molecule has 90 valence electrons. The molecule has 0 aliphatic carbocycles. The Kier molecular flexibility index (Phi) is 2.92. The largest absolute Gasteiger partial charge is 0.327 e. The van der Waals surface area contributed by atoms with Gasteiger partial charge < -0.3 is 4.57 Å². The van der Waals surface area contributed by atoms with Crippen molar-refractivity contribution < 1.29 is 0 Å². The van der Waals surface area contributed by atoms with Gasteiger partial charge in [0.2, 0.25) is 0 Å². The summed E-state index contributed by atoms with van der Waals surface area (Å²) in [6.45, 7) is 0. The molecule has 3 rings (SSSR count). The number of nitrogens with zero attached hydrogens (tertiary/aromatic N) is 2. The van der Waals surface area contributed by atoms with Gasteiger partial charge in [0.05, 0.1) is 11.0 Å². The Bertz CT molecular complexity index is 683. The highest BCUT2D eigenvalue weighted by molar-refractivity contribution is 9.08. The van der Waals surface area contributed by atoms with E-state index in [1.807, 2.05) is 18.2 Å². The van der Waals surface area contributed by atoms with E-state index >= 15 is 0 Å². The molecular weight excluding hydrogens is 288 g/mol. The van der Waals surface area contributed by atoms with Gasteiger partial charge in [-0.3, -0.25) is 0 Å². The van der Waals surface area contributed by atoms with E-state index in [1.54, 1.807) is 0 Å². The second-order valence-corrected chi connectivity index (χ2v) is 4.87. The monoisotopic (exact) mass is 300 g/mol. The fourth-order valence-corrected chi connectivity index (χ4v) is 2.52. The minimum Gasteiger partial charge on any atom is -0.327 e. The summed E-state index contributed by atoms with van der Waals surface area (Å²) in [5.74, 6) is 1.01. The van der Waals surface area contributed by atoms with Crippen molar-refractivity contribution in [3.63, 3.8) is 0 Å². The predicted octanol–water partition coefficient (Wildman–Crippen LogP) is 4.14. The van der Waals surface area contributed by atoms with Crippen molar-refractivity contribution in [2.24, 2.45) is 7.05 Å². The Morgan fingerprint density at radius 2 is 1.78 bits per heavy atom. The Morgan fingerprint density at radius 3 is 2.44 bits per heavy atom. The molecule has 0 saturated carbocycles. The van der Waals surface area contributed by atoms with Crippen LogP contribution in [0, 0.1) is 0 Å². The normalized spacial score (nSPS) is 11.0. The summed E-state index contributed by atoms with van der Waals surface area (Å²) >= 11 is 3.46. The molecule has 0 amide bonds. The maximum absolute atomic E-state index is 4.69. The Morgan fingerprint density at radius 1 is 1.06 bits per heavy atom. The molecule has 2 nitrogen and oxygen atoms in total. The first-order valence-electron chi connectivity index (χ1n) is 5.86. The lowest BCUT2D eigenvalue weighted by molar-refractivity contribution is 0.959. The summed E-state index contributed by atoms with van der Waals surface area (Å²) in [4.78, 5) is 4.69. The van der Waals surface area contributed by atoms with E-state index in [2.05, 4.69) is 62.9 Å². The highest BCUT2D eigenvalue weighted by atomic mass is 79.9. The molecule has 18 heavy (non-hydrogen) atoms. The maximum atomic E-state index is 4.69. The van der Waals surface area contributed by atoms with Crippen LogP contribution in [0.2, 0.25) is 0 Å². The molecule has 0 unspecified atom stereocenters. The van der Waals surface area contributed by atoms with E-state index in [0.717, 1.165) is 27.8 Å². The van der Waals surface area contributed by atoms with E-state index in [-0.39, 0.29) is 0 Å². The Balaban J connectivity index is 2.15. The number of hydrogen-bond donors (Lipinski definition) is 0.